The van der Waals surface area contributed by atoms with Gasteiger partial charge in [-0.25, -0.2) is 0 Å². The van der Waals surface area contributed by atoms with E-state index in [4.69, 9.17) is 16.3 Å². The van der Waals surface area contributed by atoms with Crippen LogP contribution >= 0.6 is 11.6 Å². The summed E-state index contributed by atoms with van der Waals surface area (Å²) < 4.78 is 5.54. The number of pyridine rings is 1. The van der Waals surface area contributed by atoms with Gasteiger partial charge in [-0.1, -0.05) is 39.8 Å². The Labute approximate surface area is 140 Å². The fourth-order valence-corrected chi connectivity index (χ4v) is 2.70. The Hall–Kier alpha value is -1.81. The lowest BCUT2D eigenvalue weighted by atomic mass is 10.00. The molecule has 0 amide bonds. The molecule has 5 heteroatoms. The Morgan fingerprint density at radius 3 is 2.48 bits per heavy atom. The summed E-state index contributed by atoms with van der Waals surface area (Å²) in [6, 6.07) is 5.67. The third kappa shape index (κ3) is 4.14. The van der Waals surface area contributed by atoms with Gasteiger partial charge in [-0.05, 0) is 41.5 Å². The average molecular weight is 336 g/mol. The first-order chi connectivity index (χ1) is 10.8. The smallest absolute Gasteiger partial charge is 0.291 e. The zero-order valence-corrected chi connectivity index (χ0v) is 14.7. The van der Waals surface area contributed by atoms with Crippen molar-refractivity contribution in [2.75, 3.05) is 6.61 Å². The van der Waals surface area contributed by atoms with Crippen molar-refractivity contribution < 1.29 is 9.53 Å². The summed E-state index contributed by atoms with van der Waals surface area (Å²) in [7, 11) is 0. The minimum atomic E-state index is -0.684. The lowest BCUT2D eigenvalue weighted by Crippen LogP contribution is -2.18. The van der Waals surface area contributed by atoms with E-state index < -0.39 is 10.8 Å². The molecule has 0 saturated carbocycles. The molecule has 1 aromatic heterocycles. The van der Waals surface area contributed by atoms with Crippen LogP contribution < -0.4 is 10.3 Å². The summed E-state index contributed by atoms with van der Waals surface area (Å²) in [5.41, 5.74) is 1.42. The number of benzene rings is 1. The largest absolute Gasteiger partial charge is 0.487 e. The van der Waals surface area contributed by atoms with E-state index in [0.717, 1.165) is 12.0 Å². The Morgan fingerprint density at radius 1 is 1.22 bits per heavy atom. The number of fused-ring (bicyclic) bond motifs is 1. The minimum absolute atomic E-state index is 0.00260. The number of halogens is 1. The molecule has 0 aliphatic carbocycles. The number of nitrogens with one attached hydrogen (secondary N) is 1. The van der Waals surface area contributed by atoms with Crippen LogP contribution in [0.1, 0.15) is 43.6 Å². The van der Waals surface area contributed by atoms with E-state index in [1.165, 1.54) is 0 Å². The van der Waals surface area contributed by atoms with Gasteiger partial charge in [-0.3, -0.25) is 9.59 Å². The van der Waals surface area contributed by atoms with Crippen LogP contribution in [-0.4, -0.2) is 16.8 Å². The van der Waals surface area contributed by atoms with E-state index >= 15 is 0 Å². The molecule has 0 aliphatic rings. The highest BCUT2D eigenvalue weighted by Gasteiger charge is 2.20. The number of carbonyl (C=O) groups excluding carboxylic acids is 1. The van der Waals surface area contributed by atoms with Crippen LogP contribution in [0.25, 0.3) is 10.9 Å². The summed E-state index contributed by atoms with van der Waals surface area (Å²) in [6.45, 7) is 8.54. The van der Waals surface area contributed by atoms with Gasteiger partial charge in [0.15, 0.2) is 5.75 Å². The Morgan fingerprint density at radius 2 is 1.91 bits per heavy atom. The lowest BCUT2D eigenvalue weighted by molar-refractivity contribution is 0.107. The Kier molecular flexibility index (Phi) is 5.47. The number of hydrogen-bond acceptors (Lipinski definition) is 3. The van der Waals surface area contributed by atoms with Gasteiger partial charge in [0.1, 0.15) is 0 Å². The van der Waals surface area contributed by atoms with Crippen molar-refractivity contribution in [1.29, 1.82) is 0 Å². The molecule has 2 rings (SSSR count). The molecule has 0 aliphatic heterocycles. The van der Waals surface area contributed by atoms with Crippen LogP contribution in [0.5, 0.6) is 5.75 Å². The summed E-state index contributed by atoms with van der Waals surface area (Å²) in [5, 5.41) is -0.0765. The molecule has 1 N–H and O–H groups in total. The molecule has 124 valence electrons. The maximum absolute atomic E-state index is 12.3. The van der Waals surface area contributed by atoms with E-state index in [0.29, 0.717) is 23.4 Å². The van der Waals surface area contributed by atoms with Crippen LogP contribution in [0.15, 0.2) is 23.0 Å². The maximum atomic E-state index is 12.3. The molecule has 1 heterocycles. The second-order valence-corrected chi connectivity index (χ2v) is 6.96. The van der Waals surface area contributed by atoms with Gasteiger partial charge >= 0.3 is 0 Å². The van der Waals surface area contributed by atoms with E-state index in [1.54, 1.807) is 0 Å². The van der Waals surface area contributed by atoms with Crippen molar-refractivity contribution in [2.24, 2.45) is 11.8 Å². The first-order valence-corrected chi connectivity index (χ1v) is 8.19. The molecule has 4 nitrogen and oxygen atoms in total. The molecule has 0 radical (unpaired) electrons. The number of rotatable bonds is 6. The fraction of sp³-hybridized carbons (Fsp3) is 0.444. The van der Waals surface area contributed by atoms with Gasteiger partial charge in [-0.15, -0.1) is 0 Å². The normalized spacial score (nSPS) is 11.4. The van der Waals surface area contributed by atoms with Crippen molar-refractivity contribution in [3.8, 4) is 5.75 Å². The number of ether oxygens (including phenoxy) is 1. The monoisotopic (exact) mass is 335 g/mol. The third-order valence-corrected chi connectivity index (χ3v) is 3.63. The predicted molar refractivity (Wildman–Crippen MR) is 93.6 cm³/mol. The summed E-state index contributed by atoms with van der Waals surface area (Å²) >= 11 is 5.73. The van der Waals surface area contributed by atoms with Crippen LogP contribution in [0.4, 0.5) is 0 Å². The van der Waals surface area contributed by atoms with Crippen molar-refractivity contribution >= 4 is 27.7 Å². The van der Waals surface area contributed by atoms with Crippen molar-refractivity contribution in [3.63, 3.8) is 0 Å². The van der Waals surface area contributed by atoms with Gasteiger partial charge in [0, 0.05) is 10.9 Å². The molecule has 0 unspecified atom stereocenters. The van der Waals surface area contributed by atoms with Crippen molar-refractivity contribution in [3.05, 3.63) is 39.7 Å². The van der Waals surface area contributed by atoms with E-state index in [-0.39, 0.29) is 17.2 Å². The third-order valence-electron chi connectivity index (χ3n) is 3.44. The highest BCUT2D eigenvalue weighted by atomic mass is 35.5. The number of hydrogen-bond donors (Lipinski definition) is 1. The standard InChI is InChI=1S/C18H22ClNO3/c1-10(2)7-12-5-6-13-14(8-12)20-18(22)16(15(13)17(19)21)23-9-11(3)4/h5-6,8,10-11H,7,9H2,1-4H3,(H,20,22). The van der Waals surface area contributed by atoms with Gasteiger partial charge in [0.05, 0.1) is 12.2 Å². The fourth-order valence-electron chi connectivity index (χ4n) is 2.51. The summed E-state index contributed by atoms with van der Waals surface area (Å²) in [5.74, 6) is 0.738. The molecule has 0 saturated heterocycles. The molecule has 0 bridgehead atoms. The summed E-state index contributed by atoms with van der Waals surface area (Å²) in [4.78, 5) is 27.0. The van der Waals surface area contributed by atoms with Crippen LogP contribution in [0.2, 0.25) is 0 Å². The zero-order valence-electron chi connectivity index (χ0n) is 13.9. The van der Waals surface area contributed by atoms with Crippen molar-refractivity contribution in [2.45, 2.75) is 34.1 Å². The van der Waals surface area contributed by atoms with Crippen molar-refractivity contribution in [1.82, 2.24) is 4.98 Å². The highest BCUT2D eigenvalue weighted by Crippen LogP contribution is 2.26. The van der Waals surface area contributed by atoms with Gasteiger partial charge in [0.25, 0.3) is 10.8 Å². The second kappa shape index (κ2) is 7.18. The Balaban J connectivity index is 2.60. The van der Waals surface area contributed by atoms with Gasteiger partial charge < -0.3 is 9.72 Å². The molecule has 0 spiro atoms. The SMILES string of the molecule is CC(C)COc1c(C(=O)Cl)c2ccc(CC(C)C)cc2[nH]c1=O. The maximum Gasteiger partial charge on any atom is 0.291 e. The first kappa shape index (κ1) is 17.5. The van der Waals surface area contributed by atoms with Crippen LogP contribution in [0.3, 0.4) is 0 Å². The second-order valence-electron chi connectivity index (χ2n) is 6.61. The molecular formula is C18H22ClNO3. The average Bonchev–Trinajstić information content (AvgIpc) is 2.43. The number of H-pyrrole nitrogens is 1. The first-order valence-electron chi connectivity index (χ1n) is 7.81. The molecular weight excluding hydrogens is 314 g/mol. The van der Waals surface area contributed by atoms with Gasteiger partial charge in [0.2, 0.25) is 0 Å². The molecule has 2 aromatic rings. The number of aromatic amines is 1. The quantitative estimate of drug-likeness (QED) is 0.807. The number of carbonyl (C=O) groups is 1. The summed E-state index contributed by atoms with van der Waals surface area (Å²) in [6.07, 6.45) is 0.897. The molecule has 23 heavy (non-hydrogen) atoms. The van der Waals surface area contributed by atoms with E-state index in [9.17, 15) is 9.59 Å². The number of aromatic nitrogens is 1. The van der Waals surface area contributed by atoms with Crippen LogP contribution in [0, 0.1) is 11.8 Å². The van der Waals surface area contributed by atoms with E-state index in [1.807, 2.05) is 32.0 Å². The van der Waals surface area contributed by atoms with Crippen LogP contribution in [-0.2, 0) is 6.42 Å². The predicted octanol–water partition coefficient (Wildman–Crippen LogP) is 4.14. The molecule has 0 fully saturated rings. The molecule has 0 atom stereocenters. The topological polar surface area (TPSA) is 59.2 Å². The lowest BCUT2D eigenvalue weighted by Gasteiger charge is -2.13. The zero-order chi connectivity index (χ0) is 17.1. The Bertz CT molecular complexity index is 778. The molecule has 1 aromatic carbocycles. The highest BCUT2D eigenvalue weighted by molar-refractivity contribution is 6.69. The van der Waals surface area contributed by atoms with E-state index in [2.05, 4.69) is 18.8 Å². The minimum Gasteiger partial charge on any atom is -0.487 e. The van der Waals surface area contributed by atoms with Gasteiger partial charge in [-0.2, -0.15) is 0 Å².